The lowest BCUT2D eigenvalue weighted by Gasteiger charge is -2.12. The molecule has 9 nitrogen and oxygen atoms in total. The second kappa shape index (κ2) is 8.92. The molecule has 0 fully saturated rings. The van der Waals surface area contributed by atoms with Crippen molar-refractivity contribution in [3.05, 3.63) is 59.7 Å². The van der Waals surface area contributed by atoms with E-state index < -0.39 is 17.8 Å². The van der Waals surface area contributed by atoms with Crippen LogP contribution in [0.4, 0.5) is 4.79 Å². The Morgan fingerprint density at radius 2 is 1.04 bits per heavy atom. The lowest BCUT2D eigenvalue weighted by Crippen LogP contribution is -2.52. The molecule has 26 heavy (non-hydrogen) atoms. The number of methoxy groups -OCH3 is 2. The number of urea groups is 1. The summed E-state index contributed by atoms with van der Waals surface area (Å²) in [4.78, 5) is 35.8. The second-order valence-corrected chi connectivity index (χ2v) is 4.89. The number of hydrazine groups is 2. The summed E-state index contributed by atoms with van der Waals surface area (Å²) in [6, 6.07) is 12.2. The molecule has 4 amide bonds. The summed E-state index contributed by atoms with van der Waals surface area (Å²) in [7, 11) is 2.86. The molecule has 0 aliphatic rings. The van der Waals surface area contributed by atoms with Gasteiger partial charge in [0.1, 0.15) is 11.5 Å². The van der Waals surface area contributed by atoms with Gasteiger partial charge in [-0.2, -0.15) is 0 Å². The third kappa shape index (κ3) is 4.63. The zero-order valence-corrected chi connectivity index (χ0v) is 14.2. The fourth-order valence-corrected chi connectivity index (χ4v) is 2.06. The number of carbonyl (C=O) groups excluding carboxylic acids is 3. The highest BCUT2D eigenvalue weighted by Gasteiger charge is 2.14. The third-order valence-electron chi connectivity index (χ3n) is 3.28. The SMILES string of the molecule is COc1ccccc1C(=O)NNC(=O)NNC(=O)c1ccccc1OC. The smallest absolute Gasteiger partial charge is 0.352 e. The van der Waals surface area contributed by atoms with Gasteiger partial charge in [0, 0.05) is 0 Å². The van der Waals surface area contributed by atoms with Gasteiger partial charge in [0.05, 0.1) is 25.3 Å². The van der Waals surface area contributed by atoms with Crippen LogP contribution in [0.3, 0.4) is 0 Å². The number of rotatable bonds is 4. The number of hydrogen-bond acceptors (Lipinski definition) is 5. The number of benzene rings is 2. The topological polar surface area (TPSA) is 118 Å². The number of para-hydroxylation sites is 2. The van der Waals surface area contributed by atoms with E-state index in [0.717, 1.165) is 0 Å². The van der Waals surface area contributed by atoms with Gasteiger partial charge in [-0.1, -0.05) is 24.3 Å². The molecule has 0 spiro atoms. The van der Waals surface area contributed by atoms with Crippen LogP contribution in [0.2, 0.25) is 0 Å². The number of hydrogen-bond donors (Lipinski definition) is 4. The van der Waals surface area contributed by atoms with Crippen LogP contribution >= 0.6 is 0 Å². The number of ether oxygens (including phenoxy) is 2. The number of nitrogens with one attached hydrogen (secondary N) is 4. The van der Waals surface area contributed by atoms with Crippen LogP contribution in [0, 0.1) is 0 Å². The van der Waals surface area contributed by atoms with Crippen LogP contribution in [-0.4, -0.2) is 32.1 Å². The van der Waals surface area contributed by atoms with Gasteiger partial charge in [0.2, 0.25) is 0 Å². The van der Waals surface area contributed by atoms with Crippen LogP contribution in [0.1, 0.15) is 20.7 Å². The Balaban J connectivity index is 1.85. The largest absolute Gasteiger partial charge is 0.496 e. The van der Waals surface area contributed by atoms with Crippen molar-refractivity contribution in [3.63, 3.8) is 0 Å². The maximum Gasteiger partial charge on any atom is 0.352 e. The Morgan fingerprint density at radius 3 is 1.42 bits per heavy atom. The summed E-state index contributed by atoms with van der Waals surface area (Å²) in [6.45, 7) is 0. The van der Waals surface area contributed by atoms with Gasteiger partial charge in [0.25, 0.3) is 11.8 Å². The zero-order chi connectivity index (χ0) is 18.9. The molecule has 0 atom stereocenters. The van der Waals surface area contributed by atoms with E-state index in [2.05, 4.69) is 21.7 Å². The standard InChI is InChI=1S/C17H18N4O5/c1-25-13-9-5-3-7-11(13)15(22)18-20-17(24)21-19-16(23)12-8-4-6-10-14(12)26-2/h3-10H,1-2H3,(H,18,22)(H,19,23)(H2,20,21,24). The van der Waals surface area contributed by atoms with Crippen molar-refractivity contribution in [1.29, 1.82) is 0 Å². The van der Waals surface area contributed by atoms with Crippen molar-refractivity contribution in [2.45, 2.75) is 0 Å². The zero-order valence-electron chi connectivity index (χ0n) is 14.2. The first kappa shape index (κ1) is 18.6. The van der Waals surface area contributed by atoms with Gasteiger partial charge < -0.3 is 9.47 Å². The minimum Gasteiger partial charge on any atom is -0.496 e. The molecule has 2 rings (SSSR count). The average molecular weight is 358 g/mol. The lowest BCUT2D eigenvalue weighted by molar-refractivity contribution is 0.0926. The molecule has 0 saturated carbocycles. The van der Waals surface area contributed by atoms with E-state index in [1.54, 1.807) is 36.4 Å². The van der Waals surface area contributed by atoms with Gasteiger partial charge in [0.15, 0.2) is 0 Å². The van der Waals surface area contributed by atoms with E-state index in [9.17, 15) is 14.4 Å². The molecule has 0 bridgehead atoms. The molecule has 2 aromatic carbocycles. The molecule has 136 valence electrons. The second-order valence-electron chi connectivity index (χ2n) is 4.89. The van der Waals surface area contributed by atoms with Crippen molar-refractivity contribution in [2.75, 3.05) is 14.2 Å². The minimum atomic E-state index is -0.837. The highest BCUT2D eigenvalue weighted by atomic mass is 16.5. The number of carbonyl (C=O) groups is 3. The monoisotopic (exact) mass is 358 g/mol. The highest BCUT2D eigenvalue weighted by molar-refractivity contribution is 5.99. The maximum atomic E-state index is 12.0. The summed E-state index contributed by atoms with van der Waals surface area (Å²) in [5.41, 5.74) is 9.13. The Hall–Kier alpha value is -3.75. The third-order valence-corrected chi connectivity index (χ3v) is 3.28. The van der Waals surface area contributed by atoms with Crippen LogP contribution in [0.15, 0.2) is 48.5 Å². The van der Waals surface area contributed by atoms with Crippen molar-refractivity contribution in [3.8, 4) is 11.5 Å². The van der Waals surface area contributed by atoms with Crippen LogP contribution in [0.25, 0.3) is 0 Å². The van der Waals surface area contributed by atoms with E-state index in [1.165, 1.54) is 26.4 Å². The Kier molecular flexibility index (Phi) is 6.38. The predicted molar refractivity (Wildman–Crippen MR) is 92.6 cm³/mol. The molecular formula is C17H18N4O5. The van der Waals surface area contributed by atoms with E-state index in [-0.39, 0.29) is 11.1 Å². The normalized spacial score (nSPS) is 9.62. The minimum absolute atomic E-state index is 0.244. The molecule has 0 aliphatic carbocycles. The van der Waals surface area contributed by atoms with Crippen LogP contribution < -0.4 is 31.2 Å². The molecule has 0 radical (unpaired) electrons. The fourth-order valence-electron chi connectivity index (χ4n) is 2.06. The summed E-state index contributed by atoms with van der Waals surface area (Å²) < 4.78 is 10.1. The van der Waals surface area contributed by atoms with Gasteiger partial charge in [-0.25, -0.2) is 15.6 Å². The first-order valence-corrected chi connectivity index (χ1v) is 7.49. The van der Waals surface area contributed by atoms with Gasteiger partial charge >= 0.3 is 6.03 Å². The summed E-state index contributed by atoms with van der Waals surface area (Å²) in [5, 5.41) is 0. The summed E-state index contributed by atoms with van der Waals surface area (Å²) in [6.07, 6.45) is 0. The van der Waals surface area contributed by atoms with Crippen molar-refractivity contribution in [2.24, 2.45) is 0 Å². The quantitative estimate of drug-likeness (QED) is 0.608. The average Bonchev–Trinajstić information content (AvgIpc) is 2.69. The van der Waals surface area contributed by atoms with E-state index in [4.69, 9.17) is 9.47 Å². The van der Waals surface area contributed by atoms with Crippen LogP contribution in [-0.2, 0) is 0 Å². The molecule has 0 aromatic heterocycles. The molecule has 0 heterocycles. The highest BCUT2D eigenvalue weighted by Crippen LogP contribution is 2.17. The van der Waals surface area contributed by atoms with Gasteiger partial charge in [-0.3, -0.25) is 20.4 Å². The predicted octanol–water partition coefficient (Wildman–Crippen LogP) is 0.993. The molecule has 0 aliphatic heterocycles. The lowest BCUT2D eigenvalue weighted by atomic mass is 10.2. The molecule has 2 aromatic rings. The molecule has 0 unspecified atom stereocenters. The van der Waals surface area contributed by atoms with E-state index in [0.29, 0.717) is 11.5 Å². The molecular weight excluding hydrogens is 340 g/mol. The van der Waals surface area contributed by atoms with Crippen LogP contribution in [0.5, 0.6) is 11.5 Å². The molecule has 0 saturated heterocycles. The van der Waals surface area contributed by atoms with Crippen molar-refractivity contribution in [1.82, 2.24) is 21.7 Å². The molecule has 9 heteroatoms. The Labute approximate surface area is 149 Å². The number of amides is 4. The van der Waals surface area contributed by atoms with Gasteiger partial charge in [-0.15, -0.1) is 0 Å². The fraction of sp³-hybridized carbons (Fsp3) is 0.118. The van der Waals surface area contributed by atoms with Gasteiger partial charge in [-0.05, 0) is 24.3 Å². The van der Waals surface area contributed by atoms with Crippen molar-refractivity contribution >= 4 is 17.8 Å². The van der Waals surface area contributed by atoms with E-state index >= 15 is 0 Å². The first-order chi connectivity index (χ1) is 12.6. The maximum absolute atomic E-state index is 12.0. The van der Waals surface area contributed by atoms with Crippen molar-refractivity contribution < 1.29 is 23.9 Å². The van der Waals surface area contributed by atoms with E-state index in [1.807, 2.05) is 0 Å². The Bertz CT molecular complexity index is 744. The summed E-state index contributed by atoms with van der Waals surface area (Å²) in [5.74, 6) is -0.435. The first-order valence-electron chi connectivity index (χ1n) is 7.49. The molecule has 4 N–H and O–H groups in total. The summed E-state index contributed by atoms with van der Waals surface area (Å²) >= 11 is 0. The Morgan fingerprint density at radius 1 is 0.654 bits per heavy atom.